The number of hydrogen-bond donors (Lipinski definition) is 0. The van der Waals surface area contributed by atoms with Crippen LogP contribution in [0.25, 0.3) is 21.8 Å². The molecule has 0 spiro atoms. The van der Waals surface area contributed by atoms with Crippen LogP contribution in [0.1, 0.15) is 0 Å². The highest BCUT2D eigenvalue weighted by Gasteiger charge is 2.08. The van der Waals surface area contributed by atoms with Crippen LogP contribution in [0.4, 0.5) is 4.39 Å². The van der Waals surface area contributed by atoms with E-state index in [2.05, 4.69) is 16.7 Å². The molecule has 3 heteroatoms. The van der Waals surface area contributed by atoms with Crippen molar-refractivity contribution in [2.24, 2.45) is 7.05 Å². The van der Waals surface area contributed by atoms with E-state index in [1.165, 1.54) is 5.52 Å². The number of rotatable bonds is 2. The molecule has 3 rings (SSSR count). The van der Waals surface area contributed by atoms with Gasteiger partial charge in [0.2, 0.25) is 6.86 Å². The molecular weight excluding hydrogens is 217 g/mol. The number of ether oxygens (including phenoxy) is 1. The van der Waals surface area contributed by atoms with E-state index in [-0.39, 0.29) is 0 Å². The Morgan fingerprint density at radius 2 is 1.82 bits per heavy atom. The zero-order valence-corrected chi connectivity index (χ0v) is 9.48. The van der Waals surface area contributed by atoms with E-state index in [0.29, 0.717) is 5.75 Å². The standard InChI is InChI=1S/C14H12FNO/c1-16-13-5-3-2-4-11(13)12-8-10(17-9-15)6-7-14(12)16/h2-8H,9H2,1H3. The molecule has 0 unspecified atom stereocenters. The number of aryl methyl sites for hydroxylation is 1. The van der Waals surface area contributed by atoms with Gasteiger partial charge in [-0.25, -0.2) is 4.39 Å². The first-order valence-corrected chi connectivity index (χ1v) is 5.47. The first-order chi connectivity index (χ1) is 8.31. The first kappa shape index (κ1) is 10.1. The number of benzene rings is 2. The molecule has 0 aliphatic rings. The van der Waals surface area contributed by atoms with Crippen LogP contribution in [0.5, 0.6) is 5.75 Å². The zero-order valence-electron chi connectivity index (χ0n) is 9.48. The van der Waals surface area contributed by atoms with Gasteiger partial charge in [-0.15, -0.1) is 0 Å². The van der Waals surface area contributed by atoms with Crippen LogP contribution < -0.4 is 4.74 Å². The molecule has 0 aliphatic carbocycles. The van der Waals surface area contributed by atoms with Crippen LogP contribution in [0.15, 0.2) is 42.5 Å². The number of hydrogen-bond acceptors (Lipinski definition) is 1. The maximum absolute atomic E-state index is 12.2. The summed E-state index contributed by atoms with van der Waals surface area (Å²) in [4.78, 5) is 0. The van der Waals surface area contributed by atoms with Crippen LogP contribution in [0.2, 0.25) is 0 Å². The maximum atomic E-state index is 12.2. The van der Waals surface area contributed by atoms with Crippen molar-refractivity contribution < 1.29 is 9.13 Å². The average molecular weight is 229 g/mol. The van der Waals surface area contributed by atoms with Gasteiger partial charge < -0.3 is 9.30 Å². The van der Waals surface area contributed by atoms with Gasteiger partial charge in [0.05, 0.1) is 0 Å². The van der Waals surface area contributed by atoms with Gasteiger partial charge in [0, 0.05) is 28.9 Å². The van der Waals surface area contributed by atoms with Crippen molar-refractivity contribution in [3.05, 3.63) is 42.5 Å². The number of fused-ring (bicyclic) bond motifs is 3. The predicted octanol–water partition coefficient (Wildman–Crippen LogP) is 3.64. The monoisotopic (exact) mass is 229 g/mol. The summed E-state index contributed by atoms with van der Waals surface area (Å²) in [5.41, 5.74) is 2.29. The largest absolute Gasteiger partial charge is 0.463 e. The summed E-state index contributed by atoms with van der Waals surface area (Å²) in [5, 5.41) is 2.25. The highest BCUT2D eigenvalue weighted by molar-refractivity contribution is 6.08. The molecular formula is C14H12FNO. The summed E-state index contributed by atoms with van der Waals surface area (Å²) in [6.07, 6.45) is 0. The van der Waals surface area contributed by atoms with E-state index >= 15 is 0 Å². The lowest BCUT2D eigenvalue weighted by molar-refractivity contribution is 0.192. The molecule has 86 valence electrons. The second kappa shape index (κ2) is 3.77. The van der Waals surface area contributed by atoms with Crippen molar-refractivity contribution in [1.29, 1.82) is 0 Å². The molecule has 0 aliphatic heterocycles. The number of nitrogens with zero attached hydrogens (tertiary/aromatic N) is 1. The molecule has 1 aromatic heterocycles. The summed E-state index contributed by atoms with van der Waals surface area (Å²) in [7, 11) is 2.03. The first-order valence-electron chi connectivity index (χ1n) is 5.47. The lowest BCUT2D eigenvalue weighted by atomic mass is 10.1. The van der Waals surface area contributed by atoms with Crippen molar-refractivity contribution in [2.75, 3.05) is 6.86 Å². The third-order valence-electron chi connectivity index (χ3n) is 3.11. The van der Waals surface area contributed by atoms with Crippen LogP contribution >= 0.6 is 0 Å². The van der Waals surface area contributed by atoms with Crippen molar-refractivity contribution in [3.63, 3.8) is 0 Å². The average Bonchev–Trinajstić information content (AvgIpc) is 2.65. The van der Waals surface area contributed by atoms with Crippen LogP contribution in [0.3, 0.4) is 0 Å². The Morgan fingerprint density at radius 3 is 2.65 bits per heavy atom. The Labute approximate surface area is 98.2 Å². The van der Waals surface area contributed by atoms with Crippen molar-refractivity contribution in [1.82, 2.24) is 4.57 Å². The van der Waals surface area contributed by atoms with Crippen molar-refractivity contribution in [3.8, 4) is 5.75 Å². The summed E-state index contributed by atoms with van der Waals surface area (Å²) in [6, 6.07) is 13.8. The molecule has 0 saturated carbocycles. The van der Waals surface area contributed by atoms with E-state index in [0.717, 1.165) is 16.3 Å². The van der Waals surface area contributed by atoms with E-state index < -0.39 is 6.86 Å². The van der Waals surface area contributed by atoms with Crippen molar-refractivity contribution >= 4 is 21.8 Å². The molecule has 0 N–H and O–H groups in total. The molecule has 17 heavy (non-hydrogen) atoms. The van der Waals surface area contributed by atoms with Crippen LogP contribution in [-0.2, 0) is 7.05 Å². The molecule has 0 saturated heterocycles. The Hall–Kier alpha value is -2.03. The van der Waals surface area contributed by atoms with E-state index in [1.54, 1.807) is 6.07 Å². The Balaban J connectivity index is 2.38. The van der Waals surface area contributed by atoms with Gasteiger partial charge >= 0.3 is 0 Å². The second-order valence-corrected chi connectivity index (χ2v) is 4.01. The molecule has 0 fully saturated rings. The normalized spacial score (nSPS) is 11.2. The maximum Gasteiger partial charge on any atom is 0.228 e. The van der Waals surface area contributed by atoms with Gasteiger partial charge in [0.1, 0.15) is 5.75 Å². The van der Waals surface area contributed by atoms with Gasteiger partial charge in [-0.1, -0.05) is 18.2 Å². The van der Waals surface area contributed by atoms with Gasteiger partial charge in [0.15, 0.2) is 0 Å². The minimum absolute atomic E-state index is 0.566. The Morgan fingerprint density at radius 1 is 1.06 bits per heavy atom. The fourth-order valence-corrected chi connectivity index (χ4v) is 2.30. The van der Waals surface area contributed by atoms with Gasteiger partial charge in [0.25, 0.3) is 0 Å². The minimum atomic E-state index is -0.795. The van der Waals surface area contributed by atoms with E-state index in [9.17, 15) is 4.39 Å². The summed E-state index contributed by atoms with van der Waals surface area (Å²) in [6.45, 7) is -0.795. The SMILES string of the molecule is Cn1c2ccccc2c2cc(OCF)ccc21. The molecule has 2 nitrogen and oxygen atoms in total. The molecule has 0 atom stereocenters. The van der Waals surface area contributed by atoms with Gasteiger partial charge in [-0.3, -0.25) is 0 Å². The summed E-state index contributed by atoms with van der Waals surface area (Å²) < 4.78 is 19.2. The number of alkyl halides is 1. The van der Waals surface area contributed by atoms with E-state index in [4.69, 9.17) is 4.74 Å². The van der Waals surface area contributed by atoms with Crippen LogP contribution in [0, 0.1) is 0 Å². The third-order valence-corrected chi connectivity index (χ3v) is 3.11. The molecule has 0 amide bonds. The lowest BCUT2D eigenvalue weighted by Crippen LogP contribution is -1.90. The van der Waals surface area contributed by atoms with Gasteiger partial charge in [-0.2, -0.15) is 0 Å². The molecule has 2 aromatic carbocycles. The summed E-state index contributed by atoms with van der Waals surface area (Å²) in [5.74, 6) is 0.566. The third kappa shape index (κ3) is 1.46. The summed E-state index contributed by atoms with van der Waals surface area (Å²) >= 11 is 0. The van der Waals surface area contributed by atoms with E-state index in [1.807, 2.05) is 31.3 Å². The highest BCUT2D eigenvalue weighted by Crippen LogP contribution is 2.30. The zero-order chi connectivity index (χ0) is 11.8. The molecule has 0 bridgehead atoms. The number of halogens is 1. The predicted molar refractivity (Wildman–Crippen MR) is 67.0 cm³/mol. The minimum Gasteiger partial charge on any atom is -0.463 e. The topological polar surface area (TPSA) is 14.2 Å². The number of para-hydroxylation sites is 1. The number of aromatic nitrogens is 1. The molecule has 0 radical (unpaired) electrons. The molecule has 1 heterocycles. The fraction of sp³-hybridized carbons (Fsp3) is 0.143. The Kier molecular flexibility index (Phi) is 2.25. The highest BCUT2D eigenvalue weighted by atomic mass is 19.1. The second-order valence-electron chi connectivity index (χ2n) is 4.01. The lowest BCUT2D eigenvalue weighted by Gasteiger charge is -2.01. The van der Waals surface area contributed by atoms with Gasteiger partial charge in [-0.05, 0) is 24.3 Å². The smallest absolute Gasteiger partial charge is 0.228 e. The van der Waals surface area contributed by atoms with Crippen molar-refractivity contribution in [2.45, 2.75) is 0 Å². The quantitative estimate of drug-likeness (QED) is 0.654. The Bertz CT molecular complexity index is 687. The van der Waals surface area contributed by atoms with Crippen LogP contribution in [-0.4, -0.2) is 11.4 Å². The fourth-order valence-electron chi connectivity index (χ4n) is 2.30. The molecule has 3 aromatic rings.